The van der Waals surface area contributed by atoms with Gasteiger partial charge in [-0.05, 0) is 36.1 Å². The average molecular weight is 292 g/mol. The molecule has 0 atom stereocenters. The van der Waals surface area contributed by atoms with Crippen LogP contribution in [0, 0.1) is 5.41 Å². The van der Waals surface area contributed by atoms with E-state index < -0.39 is 0 Å². The van der Waals surface area contributed by atoms with Crippen molar-refractivity contribution < 1.29 is 4.74 Å². The molecule has 2 fully saturated rings. The Hall–Kier alpha value is -0.870. The zero-order valence-electron chi connectivity index (χ0n) is 12.2. The van der Waals surface area contributed by atoms with Gasteiger partial charge in [0.15, 0.2) is 0 Å². The first-order valence-corrected chi connectivity index (χ1v) is 8.11. The molecule has 2 aliphatic rings. The van der Waals surface area contributed by atoms with Crippen LogP contribution in [0.5, 0.6) is 5.75 Å². The third kappa shape index (κ3) is 2.91. The van der Waals surface area contributed by atoms with Gasteiger partial charge < -0.3 is 9.64 Å². The Morgan fingerprint density at radius 1 is 1.15 bits per heavy atom. The zero-order chi connectivity index (χ0) is 14.0. The minimum atomic E-state index is 0.537. The summed E-state index contributed by atoms with van der Waals surface area (Å²) < 4.78 is 5.47. The molecule has 0 aromatic heterocycles. The molecule has 4 heteroatoms. The molecular formula is C16H24N2OS. The van der Waals surface area contributed by atoms with Gasteiger partial charge in [-0.3, -0.25) is 4.90 Å². The van der Waals surface area contributed by atoms with Gasteiger partial charge in [0, 0.05) is 32.7 Å². The lowest BCUT2D eigenvalue weighted by Gasteiger charge is -2.38. The van der Waals surface area contributed by atoms with Crippen molar-refractivity contribution >= 4 is 18.3 Å². The van der Waals surface area contributed by atoms with Crippen LogP contribution >= 0.6 is 12.6 Å². The second-order valence-electron chi connectivity index (χ2n) is 6.09. The second-order valence-corrected chi connectivity index (χ2v) is 6.41. The van der Waals surface area contributed by atoms with Crippen molar-refractivity contribution in [3.05, 3.63) is 24.3 Å². The van der Waals surface area contributed by atoms with Crippen molar-refractivity contribution in [3.8, 4) is 5.75 Å². The number of thiol groups is 1. The fraction of sp³-hybridized carbons (Fsp3) is 0.625. The van der Waals surface area contributed by atoms with E-state index in [2.05, 4.69) is 34.6 Å². The maximum Gasteiger partial charge on any atom is 0.142 e. The lowest BCUT2D eigenvalue weighted by molar-refractivity contribution is 0.218. The third-order valence-corrected chi connectivity index (χ3v) is 5.32. The van der Waals surface area contributed by atoms with Crippen molar-refractivity contribution in [1.29, 1.82) is 0 Å². The van der Waals surface area contributed by atoms with Gasteiger partial charge in [-0.1, -0.05) is 12.1 Å². The molecule has 0 radical (unpaired) electrons. The molecule has 0 N–H and O–H groups in total. The van der Waals surface area contributed by atoms with E-state index in [0.717, 1.165) is 37.7 Å². The molecule has 20 heavy (non-hydrogen) atoms. The fourth-order valence-corrected chi connectivity index (χ4v) is 3.47. The summed E-state index contributed by atoms with van der Waals surface area (Å²) in [4.78, 5) is 5.05. The monoisotopic (exact) mass is 292 g/mol. The molecule has 3 nitrogen and oxygen atoms in total. The van der Waals surface area contributed by atoms with Crippen molar-refractivity contribution in [3.63, 3.8) is 0 Å². The van der Waals surface area contributed by atoms with Crippen LogP contribution in [0.1, 0.15) is 12.8 Å². The first-order valence-electron chi connectivity index (χ1n) is 7.47. The SMILES string of the molecule is COc1ccccc1N1CCN(CC2(CS)CC2)CC1. The van der Waals surface area contributed by atoms with E-state index in [0.29, 0.717) is 5.41 Å². The number of benzene rings is 1. The maximum absolute atomic E-state index is 5.47. The summed E-state index contributed by atoms with van der Waals surface area (Å²) in [7, 11) is 1.75. The number of methoxy groups -OCH3 is 1. The summed E-state index contributed by atoms with van der Waals surface area (Å²) in [6.07, 6.45) is 2.73. The largest absolute Gasteiger partial charge is 0.495 e. The summed E-state index contributed by atoms with van der Waals surface area (Å²) in [6, 6.07) is 8.32. The second kappa shape index (κ2) is 5.86. The smallest absolute Gasteiger partial charge is 0.142 e. The van der Waals surface area contributed by atoms with Gasteiger partial charge >= 0.3 is 0 Å². The molecule has 0 bridgehead atoms. The van der Waals surface area contributed by atoms with E-state index in [1.165, 1.54) is 25.1 Å². The van der Waals surface area contributed by atoms with E-state index in [1.807, 2.05) is 12.1 Å². The summed E-state index contributed by atoms with van der Waals surface area (Å²) in [5.74, 6) is 2.02. The van der Waals surface area contributed by atoms with Gasteiger partial charge in [0.2, 0.25) is 0 Å². The Bertz CT molecular complexity index is 454. The summed E-state index contributed by atoms with van der Waals surface area (Å²) in [5, 5.41) is 0. The predicted molar refractivity (Wildman–Crippen MR) is 87.2 cm³/mol. The Kier molecular flexibility index (Phi) is 4.13. The highest BCUT2D eigenvalue weighted by atomic mass is 32.1. The van der Waals surface area contributed by atoms with Crippen molar-refractivity contribution in [2.45, 2.75) is 12.8 Å². The van der Waals surface area contributed by atoms with Crippen molar-refractivity contribution in [2.75, 3.05) is 50.5 Å². The number of rotatable bonds is 5. The molecule has 1 heterocycles. The third-order valence-electron chi connectivity index (χ3n) is 4.65. The van der Waals surface area contributed by atoms with Crippen LogP contribution in [0.2, 0.25) is 0 Å². The standard InChI is InChI=1S/C16H24N2OS/c1-19-15-5-3-2-4-14(15)18-10-8-17(9-11-18)12-16(13-20)6-7-16/h2-5,20H,6-13H2,1H3. The number of piperazine rings is 1. The Labute approximate surface area is 127 Å². The van der Waals surface area contributed by atoms with Gasteiger partial charge in [0.1, 0.15) is 5.75 Å². The highest BCUT2D eigenvalue weighted by molar-refractivity contribution is 7.80. The normalized spacial score (nSPS) is 21.8. The number of hydrogen-bond acceptors (Lipinski definition) is 4. The number of nitrogens with zero attached hydrogens (tertiary/aromatic N) is 2. The zero-order valence-corrected chi connectivity index (χ0v) is 13.1. The van der Waals surface area contributed by atoms with Crippen LogP contribution < -0.4 is 9.64 Å². The molecule has 0 unspecified atom stereocenters. The van der Waals surface area contributed by atoms with Gasteiger partial charge in [-0.15, -0.1) is 0 Å². The number of anilines is 1. The van der Waals surface area contributed by atoms with Crippen LogP contribution in [-0.4, -0.2) is 50.5 Å². The van der Waals surface area contributed by atoms with Crippen LogP contribution in [0.3, 0.4) is 0 Å². The van der Waals surface area contributed by atoms with Crippen molar-refractivity contribution in [2.24, 2.45) is 5.41 Å². The maximum atomic E-state index is 5.47. The Morgan fingerprint density at radius 2 is 1.85 bits per heavy atom. The van der Waals surface area contributed by atoms with E-state index in [4.69, 9.17) is 4.74 Å². The molecule has 1 aromatic rings. The molecule has 1 aromatic carbocycles. The molecule has 1 saturated heterocycles. The quantitative estimate of drug-likeness (QED) is 0.840. The Morgan fingerprint density at radius 3 is 2.45 bits per heavy atom. The van der Waals surface area contributed by atoms with Gasteiger partial charge in [0.05, 0.1) is 12.8 Å². The van der Waals surface area contributed by atoms with Crippen LogP contribution in [0.4, 0.5) is 5.69 Å². The van der Waals surface area contributed by atoms with E-state index in [-0.39, 0.29) is 0 Å². The van der Waals surface area contributed by atoms with Gasteiger partial charge in [0.25, 0.3) is 0 Å². The van der Waals surface area contributed by atoms with E-state index >= 15 is 0 Å². The molecule has 1 saturated carbocycles. The van der Waals surface area contributed by atoms with Gasteiger partial charge in [-0.25, -0.2) is 0 Å². The summed E-state index contributed by atoms with van der Waals surface area (Å²) in [5.41, 5.74) is 1.76. The molecule has 0 amide bonds. The van der Waals surface area contributed by atoms with Crippen LogP contribution in [0.25, 0.3) is 0 Å². The number of ether oxygens (including phenoxy) is 1. The lowest BCUT2D eigenvalue weighted by Crippen LogP contribution is -2.48. The molecule has 1 aliphatic carbocycles. The first kappa shape index (κ1) is 14.1. The number of para-hydroxylation sites is 2. The molecule has 3 rings (SSSR count). The molecule has 1 aliphatic heterocycles. The minimum Gasteiger partial charge on any atom is -0.495 e. The van der Waals surface area contributed by atoms with Crippen LogP contribution in [-0.2, 0) is 0 Å². The van der Waals surface area contributed by atoms with Gasteiger partial charge in [-0.2, -0.15) is 12.6 Å². The fourth-order valence-electron chi connectivity index (χ4n) is 3.06. The minimum absolute atomic E-state index is 0.537. The van der Waals surface area contributed by atoms with Crippen molar-refractivity contribution in [1.82, 2.24) is 4.90 Å². The predicted octanol–water partition coefficient (Wildman–Crippen LogP) is 2.53. The molecular weight excluding hydrogens is 268 g/mol. The van der Waals surface area contributed by atoms with Crippen LogP contribution in [0.15, 0.2) is 24.3 Å². The molecule has 110 valence electrons. The summed E-state index contributed by atoms with van der Waals surface area (Å²) in [6.45, 7) is 5.70. The lowest BCUT2D eigenvalue weighted by atomic mass is 10.1. The Balaban J connectivity index is 1.58. The molecule has 0 spiro atoms. The highest BCUT2D eigenvalue weighted by Crippen LogP contribution is 2.47. The summed E-state index contributed by atoms with van der Waals surface area (Å²) >= 11 is 4.51. The average Bonchev–Trinajstić information content (AvgIpc) is 3.28. The number of hydrogen-bond donors (Lipinski definition) is 1. The topological polar surface area (TPSA) is 15.7 Å². The first-order chi connectivity index (χ1) is 9.76. The van der Waals surface area contributed by atoms with E-state index in [1.54, 1.807) is 7.11 Å². The highest BCUT2D eigenvalue weighted by Gasteiger charge is 2.42. The van der Waals surface area contributed by atoms with E-state index in [9.17, 15) is 0 Å².